The van der Waals surface area contributed by atoms with E-state index in [9.17, 15) is 0 Å². The Kier molecular flexibility index (Phi) is 6.07. The minimum Gasteiger partial charge on any atom is -0.309 e. The summed E-state index contributed by atoms with van der Waals surface area (Å²) in [6.07, 6.45) is 3.71. The molecule has 1 aromatic rings. The van der Waals surface area contributed by atoms with E-state index in [-0.39, 0.29) is 0 Å². The summed E-state index contributed by atoms with van der Waals surface area (Å²) in [7, 11) is 0. The summed E-state index contributed by atoms with van der Waals surface area (Å²) >= 11 is 5.85. The first-order valence-electron chi connectivity index (χ1n) is 5.02. The van der Waals surface area contributed by atoms with Gasteiger partial charge >= 0.3 is 0 Å². The summed E-state index contributed by atoms with van der Waals surface area (Å²) in [5.41, 5.74) is 1.22. The van der Waals surface area contributed by atoms with Crippen molar-refractivity contribution in [3.8, 4) is 0 Å². The van der Waals surface area contributed by atoms with E-state index in [4.69, 9.17) is 0 Å². The first kappa shape index (κ1) is 13.4. The topological polar surface area (TPSA) is 24.9 Å². The van der Waals surface area contributed by atoms with Crippen LogP contribution in [0.1, 0.15) is 19.4 Å². The number of halogens is 2. The van der Waals surface area contributed by atoms with Crippen LogP contribution in [0.2, 0.25) is 0 Å². The maximum absolute atomic E-state index is 4.14. The molecule has 2 nitrogen and oxygen atoms in total. The van der Waals surface area contributed by atoms with E-state index in [0.717, 1.165) is 15.4 Å². The molecule has 1 N–H and O–H groups in total. The van der Waals surface area contributed by atoms with Crippen molar-refractivity contribution in [2.24, 2.45) is 5.92 Å². The molecule has 84 valence electrons. The zero-order valence-corrected chi connectivity index (χ0v) is 12.7. The van der Waals surface area contributed by atoms with Crippen molar-refractivity contribution in [3.63, 3.8) is 0 Å². The van der Waals surface area contributed by atoms with Gasteiger partial charge in [0.2, 0.25) is 0 Å². The van der Waals surface area contributed by atoms with Crippen molar-refractivity contribution >= 4 is 38.5 Å². The van der Waals surface area contributed by atoms with Crippen LogP contribution >= 0.6 is 38.5 Å². The third kappa shape index (κ3) is 4.78. The van der Waals surface area contributed by atoms with Gasteiger partial charge in [0.1, 0.15) is 0 Å². The van der Waals surface area contributed by atoms with Crippen LogP contribution in [0.5, 0.6) is 0 Å². The molecule has 0 aliphatic rings. The Labute approximate surface area is 114 Å². The van der Waals surface area contributed by atoms with Gasteiger partial charge in [0.05, 0.1) is 0 Å². The van der Waals surface area contributed by atoms with Crippen molar-refractivity contribution in [2.45, 2.75) is 26.4 Å². The number of rotatable bonds is 5. The van der Waals surface area contributed by atoms with E-state index in [2.05, 4.69) is 68.7 Å². The van der Waals surface area contributed by atoms with Crippen LogP contribution in [0.4, 0.5) is 0 Å². The van der Waals surface area contributed by atoms with Crippen molar-refractivity contribution in [3.05, 3.63) is 28.5 Å². The van der Waals surface area contributed by atoms with E-state index in [1.54, 1.807) is 0 Å². The molecule has 1 heterocycles. The summed E-state index contributed by atoms with van der Waals surface area (Å²) in [5, 5.41) is 3.54. The van der Waals surface area contributed by atoms with Gasteiger partial charge in [0.25, 0.3) is 0 Å². The molecule has 0 bridgehead atoms. The van der Waals surface area contributed by atoms with Crippen LogP contribution in [0, 0.1) is 5.92 Å². The normalized spacial score (nSPS) is 13.1. The standard InChI is InChI=1S/C11H16BrIN2/c1-8(2)11(4-13)15-6-9-3-10(12)7-14-5-9/h3,5,7-8,11,15H,4,6H2,1-2H3. The van der Waals surface area contributed by atoms with Crippen LogP contribution in [-0.2, 0) is 6.54 Å². The van der Waals surface area contributed by atoms with E-state index < -0.39 is 0 Å². The van der Waals surface area contributed by atoms with Gasteiger partial charge in [0.15, 0.2) is 0 Å². The van der Waals surface area contributed by atoms with E-state index in [1.165, 1.54) is 5.56 Å². The smallest absolute Gasteiger partial charge is 0.0410 e. The van der Waals surface area contributed by atoms with Gasteiger partial charge in [-0.3, -0.25) is 4.98 Å². The first-order valence-corrected chi connectivity index (χ1v) is 7.34. The molecule has 0 aliphatic carbocycles. The Balaban J connectivity index is 2.49. The van der Waals surface area contributed by atoms with Crippen LogP contribution in [0.3, 0.4) is 0 Å². The van der Waals surface area contributed by atoms with E-state index in [1.807, 2.05) is 12.4 Å². The summed E-state index contributed by atoms with van der Waals surface area (Å²) in [4.78, 5) is 4.14. The zero-order valence-electron chi connectivity index (χ0n) is 9.00. The van der Waals surface area contributed by atoms with Crippen LogP contribution in [0.25, 0.3) is 0 Å². The summed E-state index contributed by atoms with van der Waals surface area (Å²) in [6.45, 7) is 5.38. The number of pyridine rings is 1. The lowest BCUT2D eigenvalue weighted by Gasteiger charge is -2.19. The minimum atomic E-state index is 0.574. The largest absolute Gasteiger partial charge is 0.309 e. The molecule has 1 unspecified atom stereocenters. The van der Waals surface area contributed by atoms with Gasteiger partial charge in [-0.2, -0.15) is 0 Å². The summed E-state index contributed by atoms with van der Waals surface area (Å²) < 4.78 is 2.18. The fraction of sp³-hybridized carbons (Fsp3) is 0.545. The predicted octanol–water partition coefficient (Wildman–Crippen LogP) is 3.39. The molecule has 0 spiro atoms. The van der Waals surface area contributed by atoms with Crippen molar-refractivity contribution < 1.29 is 0 Å². The molecule has 0 fully saturated rings. The number of hydrogen-bond acceptors (Lipinski definition) is 2. The lowest BCUT2D eigenvalue weighted by Crippen LogP contribution is -2.34. The second-order valence-corrected chi connectivity index (χ2v) is 5.69. The lowest BCUT2D eigenvalue weighted by molar-refractivity contribution is 0.436. The molecule has 0 aromatic carbocycles. The average molecular weight is 383 g/mol. The van der Waals surface area contributed by atoms with Gasteiger partial charge in [-0.25, -0.2) is 0 Å². The van der Waals surface area contributed by atoms with E-state index >= 15 is 0 Å². The fourth-order valence-electron chi connectivity index (χ4n) is 1.27. The van der Waals surface area contributed by atoms with Crippen LogP contribution in [0.15, 0.2) is 22.9 Å². The third-order valence-electron chi connectivity index (χ3n) is 2.30. The minimum absolute atomic E-state index is 0.574. The van der Waals surface area contributed by atoms with Gasteiger partial charge < -0.3 is 5.32 Å². The predicted molar refractivity (Wildman–Crippen MR) is 76.3 cm³/mol. The Morgan fingerprint density at radius 2 is 2.20 bits per heavy atom. The number of nitrogens with one attached hydrogen (secondary N) is 1. The molecule has 0 saturated heterocycles. The second-order valence-electron chi connectivity index (χ2n) is 3.90. The molecule has 1 rings (SSSR count). The van der Waals surface area contributed by atoms with Crippen LogP contribution in [-0.4, -0.2) is 15.5 Å². The Hall–Kier alpha value is 0.320. The highest BCUT2D eigenvalue weighted by atomic mass is 127. The molecule has 4 heteroatoms. The highest BCUT2D eigenvalue weighted by molar-refractivity contribution is 14.1. The SMILES string of the molecule is CC(C)C(CI)NCc1cncc(Br)c1. The maximum atomic E-state index is 4.14. The molecular formula is C11H16BrIN2. The quantitative estimate of drug-likeness (QED) is 0.623. The molecule has 0 amide bonds. The van der Waals surface area contributed by atoms with Gasteiger partial charge in [0, 0.05) is 33.9 Å². The second kappa shape index (κ2) is 6.81. The van der Waals surface area contributed by atoms with E-state index in [0.29, 0.717) is 12.0 Å². The highest BCUT2D eigenvalue weighted by Crippen LogP contribution is 2.11. The Morgan fingerprint density at radius 1 is 1.47 bits per heavy atom. The lowest BCUT2D eigenvalue weighted by atomic mass is 10.1. The van der Waals surface area contributed by atoms with Gasteiger partial charge in [-0.1, -0.05) is 36.4 Å². The van der Waals surface area contributed by atoms with Gasteiger partial charge in [-0.05, 0) is 33.5 Å². The third-order valence-corrected chi connectivity index (χ3v) is 3.68. The zero-order chi connectivity index (χ0) is 11.3. The summed E-state index contributed by atoms with van der Waals surface area (Å²) in [6, 6.07) is 2.68. The number of alkyl halides is 1. The molecule has 0 radical (unpaired) electrons. The summed E-state index contributed by atoms with van der Waals surface area (Å²) in [5.74, 6) is 0.669. The monoisotopic (exact) mass is 382 g/mol. The van der Waals surface area contributed by atoms with Crippen molar-refractivity contribution in [2.75, 3.05) is 4.43 Å². The first-order chi connectivity index (χ1) is 7.13. The Bertz CT molecular complexity index is 304. The molecule has 1 atom stereocenters. The average Bonchev–Trinajstić information content (AvgIpc) is 2.18. The Morgan fingerprint density at radius 3 is 2.73 bits per heavy atom. The highest BCUT2D eigenvalue weighted by Gasteiger charge is 2.10. The van der Waals surface area contributed by atoms with Crippen LogP contribution < -0.4 is 5.32 Å². The van der Waals surface area contributed by atoms with Crippen molar-refractivity contribution in [1.82, 2.24) is 10.3 Å². The molecule has 15 heavy (non-hydrogen) atoms. The molecule has 0 saturated carbocycles. The molecule has 1 aromatic heterocycles. The maximum Gasteiger partial charge on any atom is 0.0410 e. The number of aromatic nitrogens is 1. The molecule has 0 aliphatic heterocycles. The number of hydrogen-bond donors (Lipinski definition) is 1. The molecular weight excluding hydrogens is 367 g/mol. The fourth-order valence-corrected chi connectivity index (χ4v) is 3.01. The van der Waals surface area contributed by atoms with Crippen molar-refractivity contribution in [1.29, 1.82) is 0 Å². The van der Waals surface area contributed by atoms with Gasteiger partial charge in [-0.15, -0.1) is 0 Å². The number of nitrogens with zero attached hydrogens (tertiary/aromatic N) is 1.